The summed E-state index contributed by atoms with van der Waals surface area (Å²) in [5.41, 5.74) is 6.98. The van der Waals surface area contributed by atoms with Crippen LogP contribution in [0.5, 0.6) is 0 Å². The van der Waals surface area contributed by atoms with Crippen molar-refractivity contribution in [1.29, 1.82) is 0 Å². The molecule has 0 radical (unpaired) electrons. The molecule has 4 N–H and O–H groups in total. The number of hydrogen-bond donors (Lipinski definition) is 3. The summed E-state index contributed by atoms with van der Waals surface area (Å²) in [6.07, 6.45) is 0.708. The van der Waals surface area contributed by atoms with E-state index in [2.05, 4.69) is 10.5 Å². The first-order valence-electron chi connectivity index (χ1n) is 5.85. The number of nitrogens with two attached hydrogens (primary N) is 1. The van der Waals surface area contributed by atoms with E-state index >= 15 is 0 Å². The number of anilines is 1. The van der Waals surface area contributed by atoms with Crippen LogP contribution < -0.4 is 11.1 Å². The Kier molecular flexibility index (Phi) is 4.53. The van der Waals surface area contributed by atoms with E-state index in [-0.39, 0.29) is 17.1 Å². The number of aryl methyl sites for hydroxylation is 1. The van der Waals surface area contributed by atoms with Gasteiger partial charge in [-0.3, -0.25) is 0 Å². The first kappa shape index (κ1) is 14.3. The fourth-order valence-corrected chi connectivity index (χ4v) is 1.60. The van der Waals surface area contributed by atoms with Gasteiger partial charge in [0.1, 0.15) is 11.7 Å². The van der Waals surface area contributed by atoms with Crippen molar-refractivity contribution in [3.8, 4) is 0 Å². The largest absolute Gasteiger partial charge is 0.409 e. The van der Waals surface area contributed by atoms with Gasteiger partial charge in [-0.25, -0.2) is 4.39 Å². The highest BCUT2D eigenvalue weighted by Crippen LogP contribution is 2.21. The molecule has 5 heteroatoms. The number of amidine groups is 1. The molecule has 0 amide bonds. The highest BCUT2D eigenvalue weighted by molar-refractivity contribution is 5.85. The van der Waals surface area contributed by atoms with Crippen LogP contribution in [0.15, 0.2) is 23.4 Å². The number of halogens is 1. The van der Waals surface area contributed by atoms with Crippen LogP contribution in [-0.4, -0.2) is 17.6 Å². The van der Waals surface area contributed by atoms with E-state index in [9.17, 15) is 4.39 Å². The summed E-state index contributed by atoms with van der Waals surface area (Å²) in [6.45, 7) is 6.32. The van der Waals surface area contributed by atoms with Crippen molar-refractivity contribution in [3.63, 3.8) is 0 Å². The summed E-state index contributed by atoms with van der Waals surface area (Å²) in [5.74, 6) is -0.0323. The summed E-state index contributed by atoms with van der Waals surface area (Å²) >= 11 is 0. The van der Waals surface area contributed by atoms with Crippen molar-refractivity contribution in [3.05, 3.63) is 29.6 Å². The lowest BCUT2D eigenvalue weighted by atomic mass is 9.88. The predicted octanol–water partition coefficient (Wildman–Crippen LogP) is 2.71. The number of nitrogens with one attached hydrogen (secondary N) is 1. The molecule has 18 heavy (non-hydrogen) atoms. The van der Waals surface area contributed by atoms with E-state index < -0.39 is 0 Å². The molecular weight excluding hydrogens is 233 g/mol. The lowest BCUT2D eigenvalue weighted by molar-refractivity contribution is 0.306. The van der Waals surface area contributed by atoms with Crippen LogP contribution in [-0.2, 0) is 0 Å². The van der Waals surface area contributed by atoms with Crippen LogP contribution in [0.4, 0.5) is 10.1 Å². The van der Waals surface area contributed by atoms with Gasteiger partial charge in [-0.1, -0.05) is 19.0 Å². The number of hydrogen-bond acceptors (Lipinski definition) is 3. The molecule has 0 aliphatic carbocycles. The van der Waals surface area contributed by atoms with Gasteiger partial charge >= 0.3 is 0 Å². The van der Waals surface area contributed by atoms with E-state index in [1.807, 2.05) is 20.8 Å². The SMILES string of the molecule is Cc1cc(F)ccc1NCCC(C)(C)C(N)=NO. The Morgan fingerprint density at radius 3 is 2.72 bits per heavy atom. The Bertz CT molecular complexity index is 444. The number of nitrogens with zero attached hydrogens (tertiary/aromatic N) is 1. The Hall–Kier alpha value is -1.78. The van der Waals surface area contributed by atoms with E-state index in [4.69, 9.17) is 10.9 Å². The molecule has 1 aromatic rings. The molecule has 0 aromatic heterocycles. The maximum atomic E-state index is 12.9. The average Bonchev–Trinajstić information content (AvgIpc) is 2.30. The molecule has 0 atom stereocenters. The van der Waals surface area contributed by atoms with Crippen LogP contribution in [0.2, 0.25) is 0 Å². The van der Waals surface area contributed by atoms with E-state index in [1.54, 1.807) is 6.07 Å². The summed E-state index contributed by atoms with van der Waals surface area (Å²) in [7, 11) is 0. The highest BCUT2D eigenvalue weighted by Gasteiger charge is 2.22. The molecular formula is C13H20FN3O. The van der Waals surface area contributed by atoms with Gasteiger partial charge in [0.2, 0.25) is 0 Å². The van der Waals surface area contributed by atoms with Crippen molar-refractivity contribution < 1.29 is 9.60 Å². The van der Waals surface area contributed by atoms with Crippen LogP contribution in [0, 0.1) is 18.2 Å². The lowest BCUT2D eigenvalue weighted by Crippen LogP contribution is -2.33. The van der Waals surface area contributed by atoms with Crippen LogP contribution >= 0.6 is 0 Å². The fourth-order valence-electron chi connectivity index (χ4n) is 1.60. The minimum absolute atomic E-state index is 0.208. The zero-order valence-electron chi connectivity index (χ0n) is 11.0. The van der Waals surface area contributed by atoms with Crippen molar-refractivity contribution in [2.24, 2.45) is 16.3 Å². The van der Waals surface area contributed by atoms with E-state index in [0.29, 0.717) is 13.0 Å². The number of oxime groups is 1. The van der Waals surface area contributed by atoms with Gasteiger partial charge < -0.3 is 16.3 Å². The highest BCUT2D eigenvalue weighted by atomic mass is 19.1. The molecule has 1 aromatic carbocycles. The normalized spacial score (nSPS) is 12.6. The third kappa shape index (κ3) is 3.61. The smallest absolute Gasteiger partial charge is 0.144 e. The summed E-state index contributed by atoms with van der Waals surface area (Å²) in [6, 6.07) is 4.61. The van der Waals surface area contributed by atoms with E-state index in [1.165, 1.54) is 12.1 Å². The molecule has 0 bridgehead atoms. The van der Waals surface area contributed by atoms with Crippen LogP contribution in [0.3, 0.4) is 0 Å². The Morgan fingerprint density at radius 2 is 2.17 bits per heavy atom. The number of rotatable bonds is 5. The molecule has 0 aliphatic rings. The Morgan fingerprint density at radius 1 is 1.50 bits per heavy atom. The second kappa shape index (κ2) is 5.71. The number of benzene rings is 1. The Balaban J connectivity index is 2.57. The van der Waals surface area contributed by atoms with Crippen molar-refractivity contribution >= 4 is 11.5 Å². The zero-order chi connectivity index (χ0) is 13.8. The van der Waals surface area contributed by atoms with Crippen LogP contribution in [0.1, 0.15) is 25.8 Å². The second-order valence-corrected chi connectivity index (χ2v) is 5.01. The van der Waals surface area contributed by atoms with Gasteiger partial charge in [0.05, 0.1) is 0 Å². The van der Waals surface area contributed by atoms with Gasteiger partial charge in [-0.15, -0.1) is 0 Å². The lowest BCUT2D eigenvalue weighted by Gasteiger charge is -2.23. The van der Waals surface area contributed by atoms with Crippen LogP contribution in [0.25, 0.3) is 0 Å². The fraction of sp³-hybridized carbons (Fsp3) is 0.462. The molecule has 0 spiro atoms. The molecule has 0 fully saturated rings. The molecule has 0 unspecified atom stereocenters. The molecule has 100 valence electrons. The maximum absolute atomic E-state index is 12.9. The van der Waals surface area contributed by atoms with Gasteiger partial charge in [0.25, 0.3) is 0 Å². The molecule has 1 rings (SSSR count). The zero-order valence-corrected chi connectivity index (χ0v) is 11.0. The summed E-state index contributed by atoms with van der Waals surface area (Å²) in [5, 5.41) is 14.9. The third-order valence-electron chi connectivity index (χ3n) is 3.06. The molecule has 0 saturated heterocycles. The average molecular weight is 253 g/mol. The van der Waals surface area contributed by atoms with Gasteiger partial charge in [0.15, 0.2) is 0 Å². The molecule has 4 nitrogen and oxygen atoms in total. The van der Waals surface area contributed by atoms with Gasteiger partial charge in [-0.2, -0.15) is 0 Å². The second-order valence-electron chi connectivity index (χ2n) is 5.01. The standard InChI is InChI=1S/C13H20FN3O/c1-9-8-10(14)4-5-11(9)16-7-6-13(2,3)12(15)17-18/h4-5,8,16,18H,6-7H2,1-3H3,(H2,15,17). The third-order valence-corrected chi connectivity index (χ3v) is 3.06. The maximum Gasteiger partial charge on any atom is 0.144 e. The minimum Gasteiger partial charge on any atom is -0.409 e. The topological polar surface area (TPSA) is 70.6 Å². The van der Waals surface area contributed by atoms with Crippen molar-refractivity contribution in [2.75, 3.05) is 11.9 Å². The van der Waals surface area contributed by atoms with Gasteiger partial charge in [0, 0.05) is 17.6 Å². The summed E-state index contributed by atoms with van der Waals surface area (Å²) < 4.78 is 12.9. The van der Waals surface area contributed by atoms with Crippen molar-refractivity contribution in [2.45, 2.75) is 27.2 Å². The molecule has 0 heterocycles. The monoisotopic (exact) mass is 253 g/mol. The molecule has 0 saturated carbocycles. The summed E-state index contributed by atoms with van der Waals surface area (Å²) in [4.78, 5) is 0. The first-order valence-corrected chi connectivity index (χ1v) is 5.85. The molecule has 0 aliphatic heterocycles. The Labute approximate surface area is 107 Å². The van der Waals surface area contributed by atoms with Gasteiger partial charge in [-0.05, 0) is 37.1 Å². The quantitative estimate of drug-likeness (QED) is 0.327. The minimum atomic E-state index is -0.379. The first-order chi connectivity index (χ1) is 8.36. The van der Waals surface area contributed by atoms with Crippen molar-refractivity contribution in [1.82, 2.24) is 0 Å². The van der Waals surface area contributed by atoms with E-state index in [0.717, 1.165) is 11.3 Å². The predicted molar refractivity (Wildman–Crippen MR) is 71.4 cm³/mol.